The third-order valence-electron chi connectivity index (χ3n) is 2.05. The topological polar surface area (TPSA) is 76.1 Å². The van der Waals surface area contributed by atoms with E-state index in [1.54, 1.807) is 13.0 Å². The molecule has 0 aliphatic rings. The molecular formula is C12H14N2O2S. The first kappa shape index (κ1) is 13.6. The summed E-state index contributed by atoms with van der Waals surface area (Å²) in [5.41, 5.74) is 6.94. The van der Waals surface area contributed by atoms with Gasteiger partial charge in [-0.2, -0.15) is 5.26 Å². The van der Waals surface area contributed by atoms with Crippen LogP contribution in [0.5, 0.6) is 0 Å². The first-order valence-corrected chi connectivity index (χ1v) is 6.21. The highest BCUT2D eigenvalue weighted by Crippen LogP contribution is 2.23. The number of nitrogens with zero attached hydrogens (tertiary/aromatic N) is 1. The summed E-state index contributed by atoms with van der Waals surface area (Å²) in [5, 5.41) is 8.99. The molecule has 0 aliphatic carbocycles. The minimum Gasteiger partial charge on any atom is -0.465 e. The smallest absolute Gasteiger partial charge is 0.316 e. The molecule has 0 amide bonds. The van der Waals surface area contributed by atoms with Crippen molar-refractivity contribution >= 4 is 17.7 Å². The van der Waals surface area contributed by atoms with Gasteiger partial charge in [0.05, 0.1) is 17.9 Å². The van der Waals surface area contributed by atoms with Crippen molar-refractivity contribution in [3.8, 4) is 6.07 Å². The Morgan fingerprint density at radius 2 is 2.35 bits per heavy atom. The average Bonchev–Trinajstić information content (AvgIpc) is 2.36. The lowest BCUT2D eigenvalue weighted by Gasteiger charge is -2.05. The second-order valence-corrected chi connectivity index (χ2v) is 4.26. The molecule has 0 unspecified atom stereocenters. The van der Waals surface area contributed by atoms with E-state index in [9.17, 15) is 4.79 Å². The van der Waals surface area contributed by atoms with E-state index in [1.807, 2.05) is 12.1 Å². The number of hydrogen-bond donors (Lipinski definition) is 1. The molecule has 0 atom stereocenters. The van der Waals surface area contributed by atoms with E-state index in [1.165, 1.54) is 11.8 Å². The normalized spacial score (nSPS) is 9.71. The lowest BCUT2D eigenvalue weighted by Crippen LogP contribution is -2.06. The molecule has 2 N–H and O–H groups in total. The number of carbonyl (C=O) groups excluding carboxylic acids is 1. The van der Waals surface area contributed by atoms with Gasteiger partial charge in [0.1, 0.15) is 6.07 Å². The number of ether oxygens (including phenoxy) is 1. The van der Waals surface area contributed by atoms with Crippen molar-refractivity contribution in [2.75, 3.05) is 12.4 Å². The molecule has 0 aliphatic heterocycles. The number of benzene rings is 1. The summed E-state index contributed by atoms with van der Waals surface area (Å²) in [4.78, 5) is 12.0. The van der Waals surface area contributed by atoms with E-state index >= 15 is 0 Å². The van der Waals surface area contributed by atoms with Crippen molar-refractivity contribution in [3.63, 3.8) is 0 Å². The maximum absolute atomic E-state index is 11.2. The predicted octanol–water partition coefficient (Wildman–Crippen LogP) is 1.67. The standard InChI is InChI=1S/C12H14N2O2S/c1-2-16-12(15)8-17-11-4-3-9(6-13)5-10(11)7-14/h3-5H,2,6,8,13H2,1H3. The quantitative estimate of drug-likeness (QED) is 0.635. The molecule has 4 nitrogen and oxygen atoms in total. The average molecular weight is 250 g/mol. The van der Waals surface area contributed by atoms with E-state index in [-0.39, 0.29) is 11.7 Å². The van der Waals surface area contributed by atoms with Crippen LogP contribution in [0.2, 0.25) is 0 Å². The maximum atomic E-state index is 11.2. The summed E-state index contributed by atoms with van der Waals surface area (Å²) < 4.78 is 4.82. The van der Waals surface area contributed by atoms with Crippen LogP contribution in [0.25, 0.3) is 0 Å². The summed E-state index contributed by atoms with van der Waals surface area (Å²) in [6.45, 7) is 2.54. The number of esters is 1. The van der Waals surface area contributed by atoms with Crippen molar-refractivity contribution in [1.29, 1.82) is 5.26 Å². The maximum Gasteiger partial charge on any atom is 0.316 e. The van der Waals surface area contributed by atoms with Gasteiger partial charge >= 0.3 is 5.97 Å². The summed E-state index contributed by atoms with van der Waals surface area (Å²) in [6, 6.07) is 7.51. The SMILES string of the molecule is CCOC(=O)CSc1ccc(CN)cc1C#N. The fourth-order valence-corrected chi connectivity index (χ4v) is 2.04. The van der Waals surface area contributed by atoms with Crippen LogP contribution < -0.4 is 5.73 Å². The second-order valence-electron chi connectivity index (χ2n) is 3.24. The zero-order valence-corrected chi connectivity index (χ0v) is 10.4. The lowest BCUT2D eigenvalue weighted by atomic mass is 10.1. The molecule has 0 saturated heterocycles. The van der Waals surface area contributed by atoms with Crippen molar-refractivity contribution in [1.82, 2.24) is 0 Å². The molecule has 0 fully saturated rings. The van der Waals surface area contributed by atoms with Crippen molar-refractivity contribution in [2.24, 2.45) is 5.73 Å². The highest BCUT2D eigenvalue weighted by Gasteiger charge is 2.07. The fraction of sp³-hybridized carbons (Fsp3) is 0.333. The molecule has 1 aromatic rings. The number of thioether (sulfide) groups is 1. The van der Waals surface area contributed by atoms with Crippen LogP contribution in [0.4, 0.5) is 0 Å². The Morgan fingerprint density at radius 3 is 2.94 bits per heavy atom. The number of carbonyl (C=O) groups is 1. The van der Waals surface area contributed by atoms with Gasteiger partial charge in [-0.05, 0) is 24.6 Å². The minimum atomic E-state index is -0.274. The van der Waals surface area contributed by atoms with E-state index in [0.717, 1.165) is 10.5 Å². The molecule has 17 heavy (non-hydrogen) atoms. The highest BCUT2D eigenvalue weighted by molar-refractivity contribution is 8.00. The summed E-state index contributed by atoms with van der Waals surface area (Å²) in [6.07, 6.45) is 0. The molecule has 0 spiro atoms. The molecule has 0 saturated carbocycles. The van der Waals surface area contributed by atoms with Gasteiger partial charge in [0.25, 0.3) is 0 Å². The van der Waals surface area contributed by atoms with Crippen molar-refractivity contribution in [2.45, 2.75) is 18.4 Å². The molecule has 0 aromatic heterocycles. The van der Waals surface area contributed by atoms with E-state index in [2.05, 4.69) is 6.07 Å². The molecule has 1 rings (SSSR count). The zero-order chi connectivity index (χ0) is 12.7. The largest absolute Gasteiger partial charge is 0.465 e. The second kappa shape index (κ2) is 6.94. The predicted molar refractivity (Wildman–Crippen MR) is 66.4 cm³/mol. The van der Waals surface area contributed by atoms with Crippen LogP contribution in [0.3, 0.4) is 0 Å². The molecular weight excluding hydrogens is 236 g/mol. The Labute approximate surface area is 105 Å². The van der Waals surface area contributed by atoms with Gasteiger partial charge in [-0.1, -0.05) is 6.07 Å². The summed E-state index contributed by atoms with van der Waals surface area (Å²) >= 11 is 1.30. The van der Waals surface area contributed by atoms with E-state index in [4.69, 9.17) is 15.7 Å². The first-order chi connectivity index (χ1) is 8.21. The lowest BCUT2D eigenvalue weighted by molar-refractivity contribution is -0.139. The Balaban J connectivity index is 2.71. The number of hydrogen-bond acceptors (Lipinski definition) is 5. The van der Waals surface area contributed by atoms with Gasteiger partial charge < -0.3 is 10.5 Å². The third kappa shape index (κ3) is 4.10. The number of nitriles is 1. The van der Waals surface area contributed by atoms with Gasteiger partial charge in [0.2, 0.25) is 0 Å². The summed E-state index contributed by atoms with van der Waals surface area (Å²) in [5.74, 6) is -0.0610. The molecule has 0 heterocycles. The van der Waals surface area contributed by atoms with Crippen LogP contribution in [-0.4, -0.2) is 18.3 Å². The van der Waals surface area contributed by atoms with E-state index in [0.29, 0.717) is 18.7 Å². The van der Waals surface area contributed by atoms with Crippen LogP contribution >= 0.6 is 11.8 Å². The Bertz CT molecular complexity index is 441. The summed E-state index contributed by atoms with van der Waals surface area (Å²) in [7, 11) is 0. The molecule has 0 bridgehead atoms. The third-order valence-corrected chi connectivity index (χ3v) is 3.10. The van der Waals surface area contributed by atoms with Gasteiger partial charge in [0.15, 0.2) is 0 Å². The zero-order valence-electron chi connectivity index (χ0n) is 9.60. The van der Waals surface area contributed by atoms with Gasteiger partial charge in [-0.25, -0.2) is 0 Å². The molecule has 5 heteroatoms. The van der Waals surface area contributed by atoms with E-state index < -0.39 is 0 Å². The monoisotopic (exact) mass is 250 g/mol. The van der Waals surface area contributed by atoms with Crippen molar-refractivity contribution < 1.29 is 9.53 Å². The molecule has 90 valence electrons. The van der Waals surface area contributed by atoms with Gasteiger partial charge in [0, 0.05) is 11.4 Å². The van der Waals surface area contributed by atoms with Gasteiger partial charge in [-0.3, -0.25) is 4.79 Å². The highest BCUT2D eigenvalue weighted by atomic mass is 32.2. The Hall–Kier alpha value is -1.51. The fourth-order valence-electron chi connectivity index (χ4n) is 1.26. The first-order valence-electron chi connectivity index (χ1n) is 5.22. The Kier molecular flexibility index (Phi) is 5.53. The number of nitrogens with two attached hydrogens (primary N) is 1. The van der Waals surface area contributed by atoms with Crippen LogP contribution in [-0.2, 0) is 16.1 Å². The van der Waals surface area contributed by atoms with Gasteiger partial charge in [-0.15, -0.1) is 11.8 Å². The van der Waals surface area contributed by atoms with Crippen LogP contribution in [0.1, 0.15) is 18.1 Å². The van der Waals surface area contributed by atoms with Crippen LogP contribution in [0, 0.1) is 11.3 Å². The molecule has 0 radical (unpaired) electrons. The molecule has 1 aromatic carbocycles. The number of rotatable bonds is 5. The van der Waals surface area contributed by atoms with Crippen LogP contribution in [0.15, 0.2) is 23.1 Å². The minimum absolute atomic E-state index is 0.213. The van der Waals surface area contributed by atoms with Crippen molar-refractivity contribution in [3.05, 3.63) is 29.3 Å². The Morgan fingerprint density at radius 1 is 1.59 bits per heavy atom.